The quantitative estimate of drug-likeness (QED) is 0.804. The maximum absolute atomic E-state index is 9.53. The van der Waals surface area contributed by atoms with Gasteiger partial charge in [0.15, 0.2) is 0 Å². The fourth-order valence-corrected chi connectivity index (χ4v) is 3.62. The third-order valence-electron chi connectivity index (χ3n) is 4.44. The lowest BCUT2D eigenvalue weighted by Gasteiger charge is -2.37. The Morgan fingerprint density at radius 1 is 1.00 bits per heavy atom. The molecule has 2 aromatic rings. The summed E-state index contributed by atoms with van der Waals surface area (Å²) in [5, 5.41) is 0. The summed E-state index contributed by atoms with van der Waals surface area (Å²) >= 11 is 0.828. The lowest BCUT2D eigenvalue weighted by molar-refractivity contribution is 0.250. The molecule has 0 spiro atoms. The number of hydrogen-bond acceptors (Lipinski definition) is 4. The van der Waals surface area contributed by atoms with Gasteiger partial charge in [0, 0.05) is 60.9 Å². The van der Waals surface area contributed by atoms with Crippen molar-refractivity contribution in [3.05, 3.63) is 65.7 Å². The Bertz CT molecular complexity index is 679. The zero-order chi connectivity index (χ0) is 16.8. The molecule has 126 valence electrons. The predicted octanol–water partition coefficient (Wildman–Crippen LogP) is 4.61. The molecule has 1 saturated heterocycles. The first-order valence-electron chi connectivity index (χ1n) is 8.40. The Kier molecular flexibility index (Phi) is 5.96. The number of rotatable bonds is 5. The number of nitrogens with zero attached hydrogens (tertiary/aromatic N) is 2. The van der Waals surface area contributed by atoms with E-state index in [2.05, 4.69) is 52.3 Å². The second-order valence-electron chi connectivity index (χ2n) is 6.03. The van der Waals surface area contributed by atoms with Gasteiger partial charge in [-0.3, -0.25) is 4.90 Å². The number of allylic oxidation sites excluding steroid dienone is 1. The maximum Gasteiger partial charge on any atom is 0.0452 e. The first kappa shape index (κ1) is 17.1. The average Bonchev–Trinajstić information content (AvgIpc) is 2.64. The van der Waals surface area contributed by atoms with Gasteiger partial charge in [0.25, 0.3) is 0 Å². The second-order valence-corrected chi connectivity index (χ2v) is 6.65. The van der Waals surface area contributed by atoms with E-state index in [-0.39, 0.29) is 0 Å². The number of benzene rings is 2. The molecule has 1 N–H and O–H groups in total. The minimum Gasteiger partial charge on any atom is -0.368 e. The summed E-state index contributed by atoms with van der Waals surface area (Å²) in [6.07, 6.45) is 4.12. The summed E-state index contributed by atoms with van der Waals surface area (Å²) in [7, 11) is 0. The van der Waals surface area contributed by atoms with Crippen molar-refractivity contribution >= 4 is 23.8 Å². The van der Waals surface area contributed by atoms with Gasteiger partial charge in [-0.2, -0.15) is 0 Å². The van der Waals surface area contributed by atoms with Crippen LogP contribution in [0.15, 0.2) is 59.5 Å². The third kappa shape index (κ3) is 4.01. The van der Waals surface area contributed by atoms with Gasteiger partial charge >= 0.3 is 0 Å². The van der Waals surface area contributed by atoms with Gasteiger partial charge in [0.2, 0.25) is 0 Å². The molecule has 0 unspecified atom stereocenters. The van der Waals surface area contributed by atoms with E-state index in [1.165, 1.54) is 11.3 Å². The van der Waals surface area contributed by atoms with Gasteiger partial charge in [-0.15, -0.1) is 0 Å². The number of piperazine rings is 1. The third-order valence-corrected chi connectivity index (χ3v) is 4.99. The molecule has 0 amide bonds. The van der Waals surface area contributed by atoms with E-state index >= 15 is 0 Å². The Hall–Kier alpha value is -1.75. The van der Waals surface area contributed by atoms with Gasteiger partial charge in [-0.25, -0.2) is 0 Å². The van der Waals surface area contributed by atoms with Crippen LogP contribution in [-0.4, -0.2) is 35.6 Å². The molecule has 3 rings (SSSR count). The summed E-state index contributed by atoms with van der Waals surface area (Å²) in [5.74, 6) is 0. The molecule has 1 fully saturated rings. The Morgan fingerprint density at radius 2 is 1.75 bits per heavy atom. The molecule has 24 heavy (non-hydrogen) atoms. The molecule has 0 radical (unpaired) electrons. The molecular weight excluding hydrogens is 316 g/mol. The lowest BCUT2D eigenvalue weighted by Crippen LogP contribution is -2.46. The van der Waals surface area contributed by atoms with Crippen LogP contribution in [0, 0.1) is 0 Å². The molecule has 1 heterocycles. The molecule has 2 aromatic carbocycles. The van der Waals surface area contributed by atoms with Crippen LogP contribution in [0.4, 0.5) is 5.69 Å². The summed E-state index contributed by atoms with van der Waals surface area (Å²) < 4.78 is 9.53. The van der Waals surface area contributed by atoms with Crippen molar-refractivity contribution in [3.63, 3.8) is 0 Å². The van der Waals surface area contributed by atoms with Crippen molar-refractivity contribution < 1.29 is 4.55 Å². The Morgan fingerprint density at radius 3 is 2.42 bits per heavy atom. The molecule has 0 saturated carbocycles. The molecule has 3 nitrogen and oxygen atoms in total. The van der Waals surface area contributed by atoms with Crippen molar-refractivity contribution in [1.29, 1.82) is 0 Å². The van der Waals surface area contributed by atoms with Crippen molar-refractivity contribution in [2.45, 2.75) is 18.4 Å². The number of anilines is 1. The molecule has 1 aliphatic rings. The summed E-state index contributed by atoms with van der Waals surface area (Å²) in [5.41, 5.74) is 3.70. The highest BCUT2D eigenvalue weighted by Crippen LogP contribution is 2.31. The van der Waals surface area contributed by atoms with Crippen LogP contribution in [0.5, 0.6) is 0 Å². The topological polar surface area (TPSA) is 26.7 Å². The van der Waals surface area contributed by atoms with Gasteiger partial charge in [0.05, 0.1) is 0 Å². The fourth-order valence-electron chi connectivity index (χ4n) is 3.21. The van der Waals surface area contributed by atoms with Crippen LogP contribution < -0.4 is 4.90 Å². The second kappa shape index (κ2) is 8.38. The maximum atomic E-state index is 9.53. The van der Waals surface area contributed by atoms with Crippen molar-refractivity contribution in [1.82, 2.24) is 4.90 Å². The standard InChI is InChI=1S/C20H24N2OS/c1-2-7-18-19(10-6-11-20(18)24-23)22-14-12-21(13-15-22)16-17-8-4-3-5-9-17/h2-11,23H,12-16H2,1H3/b7-2+. The highest BCUT2D eigenvalue weighted by molar-refractivity contribution is 7.93. The molecule has 1 aliphatic heterocycles. The van der Waals surface area contributed by atoms with Crippen molar-refractivity contribution in [2.75, 3.05) is 31.1 Å². The zero-order valence-corrected chi connectivity index (χ0v) is 14.9. The van der Waals surface area contributed by atoms with Gasteiger partial charge in [-0.1, -0.05) is 48.6 Å². The highest BCUT2D eigenvalue weighted by Gasteiger charge is 2.19. The SMILES string of the molecule is C/C=C/c1c(SO)cccc1N1CCN(Cc2ccccc2)CC1. The minimum atomic E-state index is 0.828. The highest BCUT2D eigenvalue weighted by atomic mass is 32.2. The molecule has 0 bridgehead atoms. The molecule has 0 aliphatic carbocycles. The summed E-state index contributed by atoms with van der Waals surface area (Å²) in [6.45, 7) is 7.17. The van der Waals surface area contributed by atoms with E-state index in [9.17, 15) is 4.55 Å². The van der Waals surface area contributed by atoms with E-state index in [0.717, 1.165) is 55.2 Å². The van der Waals surface area contributed by atoms with Crippen LogP contribution in [0.2, 0.25) is 0 Å². The van der Waals surface area contributed by atoms with Crippen LogP contribution in [-0.2, 0) is 6.54 Å². The predicted molar refractivity (Wildman–Crippen MR) is 104 cm³/mol. The number of hydrogen-bond donors (Lipinski definition) is 1. The van der Waals surface area contributed by atoms with Crippen molar-refractivity contribution in [3.8, 4) is 0 Å². The minimum absolute atomic E-state index is 0.828. The van der Waals surface area contributed by atoms with Crippen LogP contribution in [0.3, 0.4) is 0 Å². The monoisotopic (exact) mass is 340 g/mol. The largest absolute Gasteiger partial charge is 0.368 e. The van der Waals surface area contributed by atoms with Gasteiger partial charge < -0.3 is 9.45 Å². The average molecular weight is 340 g/mol. The van der Waals surface area contributed by atoms with E-state index in [4.69, 9.17) is 0 Å². The van der Waals surface area contributed by atoms with Crippen LogP contribution in [0.1, 0.15) is 18.1 Å². The lowest BCUT2D eigenvalue weighted by atomic mass is 10.1. The van der Waals surface area contributed by atoms with Crippen LogP contribution in [0.25, 0.3) is 6.08 Å². The first-order valence-corrected chi connectivity index (χ1v) is 9.17. The van der Waals surface area contributed by atoms with E-state index in [0.29, 0.717) is 0 Å². The summed E-state index contributed by atoms with van der Waals surface area (Å²) in [4.78, 5) is 5.85. The summed E-state index contributed by atoms with van der Waals surface area (Å²) in [6, 6.07) is 16.8. The van der Waals surface area contributed by atoms with E-state index in [1.807, 2.05) is 25.1 Å². The molecular formula is C20H24N2OS. The normalized spacial score (nSPS) is 16.0. The Balaban J connectivity index is 1.69. The van der Waals surface area contributed by atoms with Crippen molar-refractivity contribution in [2.24, 2.45) is 0 Å². The smallest absolute Gasteiger partial charge is 0.0452 e. The molecule has 0 atom stereocenters. The Labute approximate surface area is 148 Å². The van der Waals surface area contributed by atoms with E-state index in [1.54, 1.807) is 0 Å². The van der Waals surface area contributed by atoms with Gasteiger partial charge in [-0.05, 0) is 24.6 Å². The first-order chi connectivity index (χ1) is 11.8. The molecule has 0 aromatic heterocycles. The van der Waals surface area contributed by atoms with Crippen LogP contribution >= 0.6 is 12.0 Å². The molecule has 4 heteroatoms. The fraction of sp³-hybridized carbons (Fsp3) is 0.300. The zero-order valence-electron chi connectivity index (χ0n) is 14.1. The van der Waals surface area contributed by atoms with E-state index < -0.39 is 0 Å². The van der Waals surface area contributed by atoms with Gasteiger partial charge in [0.1, 0.15) is 0 Å².